The van der Waals surface area contributed by atoms with E-state index in [1.165, 1.54) is 43.1 Å². The molecule has 9 aromatic carbocycles. The minimum absolute atomic E-state index is 0.566. The summed E-state index contributed by atoms with van der Waals surface area (Å²) in [7, 11) is 0. The first-order valence-electron chi connectivity index (χ1n) is 19.3. The molecule has 13 rings (SSSR count). The number of nitrogens with zero attached hydrogens (tertiary/aromatic N) is 4. The zero-order chi connectivity index (χ0) is 37.2. The minimum Gasteiger partial charge on any atom is -0.437 e. The number of para-hydroxylation sites is 3. The average molecular weight is 727 g/mol. The highest BCUT2D eigenvalue weighted by molar-refractivity contribution is 6.29. The summed E-state index contributed by atoms with van der Waals surface area (Å²) in [5.74, 6) is 0.569. The third-order valence-electron chi connectivity index (χ3n) is 11.9. The van der Waals surface area contributed by atoms with E-state index in [0.29, 0.717) is 11.7 Å². The summed E-state index contributed by atoms with van der Waals surface area (Å²) in [6, 6.07) is 65.0. The molecule has 0 amide bonds. The van der Waals surface area contributed by atoms with Crippen molar-refractivity contribution in [3.8, 4) is 22.9 Å². The van der Waals surface area contributed by atoms with Crippen LogP contribution in [0, 0.1) is 0 Å². The van der Waals surface area contributed by atoms with Crippen molar-refractivity contribution in [2.45, 2.75) is 0 Å². The molecular weight excluding hydrogens is 697 g/mol. The van der Waals surface area contributed by atoms with Gasteiger partial charge in [0.05, 0.1) is 38.8 Å². The van der Waals surface area contributed by atoms with E-state index in [1.807, 2.05) is 18.2 Å². The van der Waals surface area contributed by atoms with E-state index in [0.717, 1.165) is 66.1 Å². The summed E-state index contributed by atoms with van der Waals surface area (Å²) in [6.07, 6.45) is 0. The van der Waals surface area contributed by atoms with Gasteiger partial charge in [-0.2, -0.15) is 4.98 Å². The van der Waals surface area contributed by atoms with Gasteiger partial charge in [0.15, 0.2) is 0 Å². The number of benzene rings is 9. The maximum absolute atomic E-state index is 6.54. The molecule has 264 valence electrons. The lowest BCUT2D eigenvalue weighted by Crippen LogP contribution is -2.03. The Morgan fingerprint density at radius 2 is 0.947 bits per heavy atom. The first-order valence-corrected chi connectivity index (χ1v) is 19.3. The van der Waals surface area contributed by atoms with Crippen molar-refractivity contribution >= 4 is 98.0 Å². The number of furan rings is 1. The van der Waals surface area contributed by atoms with Crippen LogP contribution in [0.2, 0.25) is 0 Å². The number of aromatic nitrogens is 4. The molecule has 13 aromatic rings. The van der Waals surface area contributed by atoms with Gasteiger partial charge in [-0.05, 0) is 69.4 Å². The van der Waals surface area contributed by atoms with Crippen LogP contribution in [-0.2, 0) is 0 Å². The summed E-state index contributed by atoms with van der Waals surface area (Å²) < 4.78 is 11.2. The number of fused-ring (bicyclic) bond motifs is 14. The molecule has 0 aliphatic carbocycles. The molecule has 5 nitrogen and oxygen atoms in total. The maximum atomic E-state index is 6.54. The zero-order valence-electron chi connectivity index (χ0n) is 30.5. The first-order chi connectivity index (χ1) is 28.3. The second kappa shape index (κ2) is 11.4. The van der Waals surface area contributed by atoms with Crippen LogP contribution in [0.4, 0.5) is 0 Å². The van der Waals surface area contributed by atoms with Crippen molar-refractivity contribution in [2.24, 2.45) is 0 Å². The predicted octanol–water partition coefficient (Wildman–Crippen LogP) is 13.7. The molecule has 5 heteroatoms. The van der Waals surface area contributed by atoms with Crippen molar-refractivity contribution in [3.63, 3.8) is 0 Å². The van der Waals surface area contributed by atoms with Crippen LogP contribution in [0.25, 0.3) is 121 Å². The van der Waals surface area contributed by atoms with Crippen LogP contribution in [0.3, 0.4) is 0 Å². The number of hydrogen-bond acceptors (Lipinski definition) is 3. The smallest absolute Gasteiger partial charge is 0.238 e. The summed E-state index contributed by atoms with van der Waals surface area (Å²) >= 11 is 0. The van der Waals surface area contributed by atoms with Gasteiger partial charge in [-0.3, -0.25) is 4.57 Å². The molecule has 0 radical (unpaired) electrons. The second-order valence-corrected chi connectivity index (χ2v) is 14.9. The Morgan fingerprint density at radius 1 is 0.368 bits per heavy atom. The molecular formula is C52H30N4O. The fraction of sp³-hybridized carbons (Fsp3) is 0. The van der Waals surface area contributed by atoms with Crippen molar-refractivity contribution in [1.82, 2.24) is 19.1 Å². The number of rotatable bonds is 3. The van der Waals surface area contributed by atoms with Crippen molar-refractivity contribution in [3.05, 3.63) is 182 Å². The lowest BCUT2D eigenvalue weighted by Gasteiger charge is -2.14. The average Bonchev–Trinajstić information content (AvgIpc) is 3.93. The fourth-order valence-electron chi connectivity index (χ4n) is 9.47. The van der Waals surface area contributed by atoms with Gasteiger partial charge in [0.1, 0.15) is 5.58 Å². The van der Waals surface area contributed by atoms with E-state index in [-0.39, 0.29) is 0 Å². The highest BCUT2D eigenvalue weighted by Crippen LogP contribution is 2.44. The Kier molecular flexibility index (Phi) is 6.10. The van der Waals surface area contributed by atoms with Gasteiger partial charge < -0.3 is 8.98 Å². The quantitative estimate of drug-likeness (QED) is 0.170. The molecule has 0 N–H and O–H groups in total. The molecule has 0 bridgehead atoms. The van der Waals surface area contributed by atoms with E-state index in [4.69, 9.17) is 14.4 Å². The van der Waals surface area contributed by atoms with Crippen LogP contribution in [0.5, 0.6) is 0 Å². The van der Waals surface area contributed by atoms with E-state index < -0.39 is 0 Å². The Balaban J connectivity index is 1.15. The van der Waals surface area contributed by atoms with Gasteiger partial charge in [0.25, 0.3) is 0 Å². The molecule has 4 heterocycles. The molecule has 0 fully saturated rings. The summed E-state index contributed by atoms with van der Waals surface area (Å²) in [5.41, 5.74) is 8.77. The Labute approximate surface area is 325 Å². The predicted molar refractivity (Wildman–Crippen MR) is 236 cm³/mol. The van der Waals surface area contributed by atoms with Gasteiger partial charge >= 0.3 is 0 Å². The van der Waals surface area contributed by atoms with Crippen LogP contribution >= 0.6 is 0 Å². The Bertz CT molecular complexity index is 3830. The van der Waals surface area contributed by atoms with E-state index in [1.54, 1.807) is 0 Å². The number of hydrogen-bond donors (Lipinski definition) is 0. The Hall–Kier alpha value is -7.76. The highest BCUT2D eigenvalue weighted by atomic mass is 16.3. The Morgan fingerprint density at radius 3 is 1.72 bits per heavy atom. The molecule has 0 unspecified atom stereocenters. The molecule has 0 saturated heterocycles. The van der Waals surface area contributed by atoms with Crippen molar-refractivity contribution in [2.75, 3.05) is 0 Å². The molecule has 57 heavy (non-hydrogen) atoms. The lowest BCUT2D eigenvalue weighted by molar-refractivity contribution is 0.651. The third kappa shape index (κ3) is 4.23. The van der Waals surface area contributed by atoms with Gasteiger partial charge in [-0.25, -0.2) is 4.98 Å². The molecule has 0 aliphatic rings. The zero-order valence-corrected chi connectivity index (χ0v) is 30.5. The fourth-order valence-corrected chi connectivity index (χ4v) is 9.47. The van der Waals surface area contributed by atoms with Gasteiger partial charge in [-0.1, -0.05) is 140 Å². The van der Waals surface area contributed by atoms with Crippen molar-refractivity contribution in [1.29, 1.82) is 0 Å². The summed E-state index contributed by atoms with van der Waals surface area (Å²) in [5, 5.41) is 13.9. The van der Waals surface area contributed by atoms with Crippen LogP contribution in [-0.4, -0.2) is 19.1 Å². The topological polar surface area (TPSA) is 48.8 Å². The standard InChI is InChI=1S/C52H30N4O/c1-2-14-32-29-34(26-25-31(32)13-1)50-49-40-21-9-12-24-46(40)57-51(49)54-52(53-50)56-42-23-11-8-20-39(42)48-44(56)28-27-43-47(48)38-19-7-10-22-41(38)55(43)45-30-33-15-3-4-16-35(33)36-17-5-6-18-37(36)45/h1-30H. The van der Waals surface area contributed by atoms with Crippen LogP contribution in [0.1, 0.15) is 0 Å². The van der Waals surface area contributed by atoms with E-state index in [2.05, 4.69) is 173 Å². The molecule has 0 saturated carbocycles. The van der Waals surface area contributed by atoms with Gasteiger partial charge in [-0.15, -0.1) is 0 Å². The van der Waals surface area contributed by atoms with Gasteiger partial charge in [0, 0.05) is 37.9 Å². The normalized spacial score (nSPS) is 12.2. The second-order valence-electron chi connectivity index (χ2n) is 14.9. The van der Waals surface area contributed by atoms with E-state index >= 15 is 0 Å². The third-order valence-corrected chi connectivity index (χ3v) is 11.9. The maximum Gasteiger partial charge on any atom is 0.238 e. The van der Waals surface area contributed by atoms with E-state index in [9.17, 15) is 0 Å². The summed E-state index contributed by atoms with van der Waals surface area (Å²) in [6.45, 7) is 0. The SMILES string of the molecule is c1ccc2cc(-c3nc(-n4c5ccccc5c5c6c7ccccc7n(-c7cc8ccccc8c8ccccc78)c6ccc54)nc4oc5ccccc5c34)ccc2c1. The molecule has 0 aliphatic heterocycles. The van der Waals surface area contributed by atoms with Crippen LogP contribution < -0.4 is 0 Å². The summed E-state index contributed by atoms with van der Waals surface area (Å²) in [4.78, 5) is 10.7. The monoisotopic (exact) mass is 726 g/mol. The lowest BCUT2D eigenvalue weighted by atomic mass is 10.00. The highest BCUT2D eigenvalue weighted by Gasteiger charge is 2.24. The first kappa shape index (κ1) is 30.6. The van der Waals surface area contributed by atoms with Gasteiger partial charge in [0.2, 0.25) is 11.7 Å². The van der Waals surface area contributed by atoms with Crippen molar-refractivity contribution < 1.29 is 4.42 Å². The molecule has 0 atom stereocenters. The van der Waals surface area contributed by atoms with Crippen LogP contribution in [0.15, 0.2) is 186 Å². The minimum atomic E-state index is 0.566. The molecule has 4 aromatic heterocycles. The largest absolute Gasteiger partial charge is 0.437 e. The molecule has 0 spiro atoms.